The monoisotopic (exact) mass is 204 g/mol. The van der Waals surface area contributed by atoms with Crippen LogP contribution in [-0.2, 0) is 10.0 Å². The normalized spacial score (nSPS) is 44.6. The summed E-state index contributed by atoms with van der Waals surface area (Å²) in [5.41, 5.74) is -0.0203. The highest BCUT2D eigenvalue weighted by Gasteiger charge is 2.53. The largest absolute Gasteiger partial charge is 0.316 e. The minimum absolute atomic E-state index is 0.0203. The minimum atomic E-state index is -3.00. The summed E-state index contributed by atoms with van der Waals surface area (Å²) < 4.78 is 25.0. The summed E-state index contributed by atoms with van der Waals surface area (Å²) in [5, 5.41) is 3.03. The van der Waals surface area contributed by atoms with Gasteiger partial charge in [0.2, 0.25) is 10.0 Å². The third-order valence-corrected chi connectivity index (χ3v) is 5.95. The van der Waals surface area contributed by atoms with E-state index < -0.39 is 10.0 Å². The molecular weight excluding hydrogens is 188 g/mol. The first kappa shape index (κ1) is 9.43. The first-order valence-corrected chi connectivity index (χ1v) is 6.15. The van der Waals surface area contributed by atoms with Crippen LogP contribution in [0.3, 0.4) is 0 Å². The smallest absolute Gasteiger partial charge is 0.217 e. The maximum atomic E-state index is 11.8. The molecule has 1 N–H and O–H groups in total. The van der Waals surface area contributed by atoms with Crippen LogP contribution in [-0.4, -0.2) is 44.7 Å². The van der Waals surface area contributed by atoms with Crippen LogP contribution in [0.5, 0.6) is 0 Å². The van der Waals surface area contributed by atoms with Crippen molar-refractivity contribution < 1.29 is 8.42 Å². The molecule has 0 aromatic rings. The van der Waals surface area contributed by atoms with Gasteiger partial charge < -0.3 is 5.32 Å². The molecule has 2 heterocycles. The van der Waals surface area contributed by atoms with E-state index in [2.05, 4.69) is 5.32 Å². The Morgan fingerprint density at radius 2 is 2.23 bits per heavy atom. The maximum Gasteiger partial charge on any atom is 0.217 e. The van der Waals surface area contributed by atoms with E-state index >= 15 is 0 Å². The Labute approximate surface area is 79.4 Å². The van der Waals surface area contributed by atoms with Gasteiger partial charge >= 0.3 is 0 Å². The van der Waals surface area contributed by atoms with Gasteiger partial charge in [0.1, 0.15) is 0 Å². The molecule has 13 heavy (non-hydrogen) atoms. The van der Waals surface area contributed by atoms with Gasteiger partial charge in [-0.3, -0.25) is 0 Å². The van der Waals surface area contributed by atoms with E-state index in [0.717, 1.165) is 19.5 Å². The van der Waals surface area contributed by atoms with Crippen molar-refractivity contribution in [3.05, 3.63) is 0 Å². The van der Waals surface area contributed by atoms with Crippen LogP contribution in [0, 0.1) is 5.41 Å². The number of hydrogen-bond donors (Lipinski definition) is 1. The molecule has 1 spiro atoms. The molecule has 2 atom stereocenters. The lowest BCUT2D eigenvalue weighted by Gasteiger charge is -2.23. The van der Waals surface area contributed by atoms with Crippen LogP contribution in [0.4, 0.5) is 0 Å². The summed E-state index contributed by atoms with van der Waals surface area (Å²) in [7, 11) is -1.32. The molecule has 2 aliphatic rings. The third kappa shape index (κ3) is 1.14. The fourth-order valence-electron chi connectivity index (χ4n) is 2.49. The van der Waals surface area contributed by atoms with Gasteiger partial charge in [-0.15, -0.1) is 0 Å². The number of hydrogen-bond acceptors (Lipinski definition) is 3. The van der Waals surface area contributed by atoms with Gasteiger partial charge in [-0.05, 0) is 19.9 Å². The Morgan fingerprint density at radius 1 is 1.54 bits per heavy atom. The average Bonchev–Trinajstić information content (AvgIpc) is 2.57. The number of nitrogens with zero attached hydrogens (tertiary/aromatic N) is 1. The van der Waals surface area contributed by atoms with Gasteiger partial charge in [-0.2, -0.15) is 0 Å². The van der Waals surface area contributed by atoms with Crippen molar-refractivity contribution in [2.24, 2.45) is 5.41 Å². The molecule has 2 saturated heterocycles. The highest BCUT2D eigenvalue weighted by Crippen LogP contribution is 2.41. The zero-order valence-electron chi connectivity index (χ0n) is 8.08. The van der Waals surface area contributed by atoms with Crippen molar-refractivity contribution in [1.29, 1.82) is 0 Å². The Balaban J connectivity index is 2.37. The van der Waals surface area contributed by atoms with Crippen LogP contribution >= 0.6 is 0 Å². The van der Waals surface area contributed by atoms with Gasteiger partial charge in [0.15, 0.2) is 0 Å². The first-order valence-electron chi connectivity index (χ1n) is 4.65. The summed E-state index contributed by atoms with van der Waals surface area (Å²) in [5.74, 6) is 0. The summed E-state index contributed by atoms with van der Waals surface area (Å²) in [4.78, 5) is 0. The molecule has 0 aromatic heterocycles. The molecule has 0 radical (unpaired) electrons. The summed E-state index contributed by atoms with van der Waals surface area (Å²) in [6, 6.07) is 0. The van der Waals surface area contributed by atoms with Crippen molar-refractivity contribution in [3.63, 3.8) is 0 Å². The Hall–Kier alpha value is -0.130. The molecule has 2 aliphatic heterocycles. The first-order chi connectivity index (χ1) is 5.99. The minimum Gasteiger partial charge on any atom is -0.316 e. The second-order valence-electron chi connectivity index (χ2n) is 4.23. The Morgan fingerprint density at radius 3 is 2.62 bits per heavy atom. The second kappa shape index (κ2) is 2.68. The molecule has 5 heteroatoms. The number of sulfonamides is 1. The fraction of sp³-hybridized carbons (Fsp3) is 1.00. The van der Waals surface area contributed by atoms with Gasteiger partial charge in [0.25, 0.3) is 0 Å². The van der Waals surface area contributed by atoms with Crippen LogP contribution in [0.15, 0.2) is 0 Å². The van der Waals surface area contributed by atoms with Gasteiger partial charge in [-0.25, -0.2) is 12.7 Å². The van der Waals surface area contributed by atoms with E-state index in [1.807, 2.05) is 6.92 Å². The SMILES string of the molecule is CC1C2(CCNC2)CN(C)S1(=O)=O. The molecule has 2 rings (SSSR count). The topological polar surface area (TPSA) is 49.4 Å². The molecule has 2 unspecified atom stereocenters. The highest BCUT2D eigenvalue weighted by molar-refractivity contribution is 7.90. The second-order valence-corrected chi connectivity index (χ2v) is 6.59. The van der Waals surface area contributed by atoms with Crippen LogP contribution in [0.25, 0.3) is 0 Å². The molecule has 76 valence electrons. The number of nitrogens with one attached hydrogen (secondary N) is 1. The third-order valence-electron chi connectivity index (χ3n) is 3.56. The van der Waals surface area contributed by atoms with E-state index in [0.29, 0.717) is 6.54 Å². The molecule has 0 saturated carbocycles. The average molecular weight is 204 g/mol. The molecule has 0 aliphatic carbocycles. The lowest BCUT2D eigenvalue weighted by atomic mass is 9.84. The summed E-state index contributed by atoms with van der Waals surface area (Å²) >= 11 is 0. The maximum absolute atomic E-state index is 11.8. The zero-order chi connectivity index (χ0) is 9.69. The quantitative estimate of drug-likeness (QED) is 0.586. The standard InChI is InChI=1S/C8H16N2O2S/c1-7-8(3-4-9-5-8)6-10(2)13(7,11)12/h7,9H,3-6H2,1-2H3. The van der Waals surface area contributed by atoms with Gasteiger partial charge in [0, 0.05) is 25.6 Å². The summed E-state index contributed by atoms with van der Waals surface area (Å²) in [6.07, 6.45) is 0.984. The van der Waals surface area contributed by atoms with Crippen molar-refractivity contribution in [2.75, 3.05) is 26.7 Å². The van der Waals surface area contributed by atoms with Crippen LogP contribution in [0.1, 0.15) is 13.3 Å². The van der Waals surface area contributed by atoms with Crippen molar-refractivity contribution in [3.8, 4) is 0 Å². The molecule has 2 fully saturated rings. The van der Waals surface area contributed by atoms with Crippen LogP contribution in [0.2, 0.25) is 0 Å². The predicted molar refractivity (Wildman–Crippen MR) is 50.9 cm³/mol. The molecular formula is C8H16N2O2S. The van der Waals surface area contributed by atoms with Crippen molar-refractivity contribution in [2.45, 2.75) is 18.6 Å². The Bertz CT molecular complexity index is 306. The Kier molecular flexibility index (Phi) is 1.94. The lowest BCUT2D eigenvalue weighted by Crippen LogP contribution is -2.35. The van der Waals surface area contributed by atoms with Gasteiger partial charge in [-0.1, -0.05) is 0 Å². The molecule has 0 amide bonds. The van der Waals surface area contributed by atoms with E-state index in [9.17, 15) is 8.42 Å². The van der Waals surface area contributed by atoms with Crippen molar-refractivity contribution in [1.82, 2.24) is 9.62 Å². The lowest BCUT2D eigenvalue weighted by molar-refractivity contribution is 0.298. The summed E-state index contributed by atoms with van der Waals surface area (Å²) in [6.45, 7) is 4.32. The highest BCUT2D eigenvalue weighted by atomic mass is 32.2. The number of rotatable bonds is 0. The van der Waals surface area contributed by atoms with Crippen LogP contribution < -0.4 is 5.32 Å². The molecule has 4 nitrogen and oxygen atoms in total. The van der Waals surface area contributed by atoms with E-state index in [1.165, 1.54) is 4.31 Å². The predicted octanol–water partition coefficient (Wildman–Crippen LogP) is -0.370. The van der Waals surface area contributed by atoms with E-state index in [-0.39, 0.29) is 10.7 Å². The zero-order valence-corrected chi connectivity index (χ0v) is 8.89. The van der Waals surface area contributed by atoms with E-state index in [1.54, 1.807) is 7.05 Å². The van der Waals surface area contributed by atoms with E-state index in [4.69, 9.17) is 0 Å². The van der Waals surface area contributed by atoms with Crippen molar-refractivity contribution >= 4 is 10.0 Å². The van der Waals surface area contributed by atoms with Gasteiger partial charge in [0.05, 0.1) is 5.25 Å². The molecule has 0 aromatic carbocycles. The fourth-order valence-corrected chi connectivity index (χ4v) is 4.38. The molecule has 0 bridgehead atoms.